The number of nitrogens with one attached hydrogen (secondary N) is 1. The van der Waals surface area contributed by atoms with Gasteiger partial charge in [0, 0.05) is 18.3 Å². The number of para-hydroxylation sites is 2. The van der Waals surface area contributed by atoms with Gasteiger partial charge < -0.3 is 9.88 Å². The van der Waals surface area contributed by atoms with Crippen molar-refractivity contribution in [2.75, 3.05) is 18.4 Å². The molecule has 158 valence electrons. The van der Waals surface area contributed by atoms with E-state index in [-0.39, 0.29) is 11.8 Å². The first-order chi connectivity index (χ1) is 14.5. The third-order valence-electron chi connectivity index (χ3n) is 6.06. The maximum Gasteiger partial charge on any atom is 0.228 e. The van der Waals surface area contributed by atoms with E-state index in [2.05, 4.69) is 65.9 Å². The van der Waals surface area contributed by atoms with Gasteiger partial charge >= 0.3 is 0 Å². The Morgan fingerprint density at radius 3 is 2.67 bits per heavy atom. The molecule has 0 unspecified atom stereocenters. The molecule has 1 atom stereocenters. The van der Waals surface area contributed by atoms with Crippen molar-refractivity contribution in [1.82, 2.24) is 14.5 Å². The highest BCUT2D eigenvalue weighted by atomic mass is 16.1. The second-order valence-corrected chi connectivity index (χ2v) is 8.59. The summed E-state index contributed by atoms with van der Waals surface area (Å²) in [4.78, 5) is 20.2. The SMILES string of the molecule is CCc1ccc(NC(=O)[C@@H]2CCCN(Cc3nc4ccccc4n3C(C)C)C2)cc1. The molecule has 0 bridgehead atoms. The Kier molecular flexibility index (Phi) is 6.18. The summed E-state index contributed by atoms with van der Waals surface area (Å²) in [6.07, 6.45) is 2.98. The van der Waals surface area contributed by atoms with E-state index < -0.39 is 0 Å². The molecule has 3 aromatic rings. The molecule has 0 radical (unpaired) electrons. The Balaban J connectivity index is 1.44. The van der Waals surface area contributed by atoms with Gasteiger partial charge in [0.1, 0.15) is 5.82 Å². The first kappa shape index (κ1) is 20.6. The van der Waals surface area contributed by atoms with Gasteiger partial charge in [-0.15, -0.1) is 0 Å². The number of carbonyl (C=O) groups excluding carboxylic acids is 1. The second kappa shape index (κ2) is 9.00. The maximum absolute atomic E-state index is 12.9. The maximum atomic E-state index is 12.9. The fourth-order valence-corrected chi connectivity index (χ4v) is 4.46. The highest BCUT2D eigenvalue weighted by Crippen LogP contribution is 2.25. The summed E-state index contributed by atoms with van der Waals surface area (Å²) in [5.41, 5.74) is 4.40. The largest absolute Gasteiger partial charge is 0.326 e. The van der Waals surface area contributed by atoms with Crippen molar-refractivity contribution in [3.63, 3.8) is 0 Å². The quantitative estimate of drug-likeness (QED) is 0.627. The van der Waals surface area contributed by atoms with Crippen LogP contribution in [0.4, 0.5) is 5.69 Å². The predicted octanol–water partition coefficient (Wildman–Crippen LogP) is 5.03. The van der Waals surface area contributed by atoms with Crippen LogP contribution in [0.2, 0.25) is 0 Å². The lowest BCUT2D eigenvalue weighted by molar-refractivity contribution is -0.121. The Labute approximate surface area is 179 Å². The Morgan fingerprint density at radius 1 is 1.17 bits per heavy atom. The van der Waals surface area contributed by atoms with E-state index in [0.29, 0.717) is 6.04 Å². The number of hydrogen-bond acceptors (Lipinski definition) is 3. The monoisotopic (exact) mass is 404 g/mol. The molecule has 1 aliphatic rings. The summed E-state index contributed by atoms with van der Waals surface area (Å²) in [5.74, 6) is 1.23. The van der Waals surface area contributed by atoms with Crippen LogP contribution < -0.4 is 5.32 Å². The summed E-state index contributed by atoms with van der Waals surface area (Å²) in [6, 6.07) is 16.8. The van der Waals surface area contributed by atoms with E-state index in [4.69, 9.17) is 4.98 Å². The van der Waals surface area contributed by atoms with Crippen LogP contribution in [0.1, 0.15) is 51.0 Å². The third-order valence-corrected chi connectivity index (χ3v) is 6.06. The fourth-order valence-electron chi connectivity index (χ4n) is 4.46. The molecule has 1 N–H and O–H groups in total. The van der Waals surface area contributed by atoms with Crippen molar-refractivity contribution in [2.45, 2.75) is 52.6 Å². The number of benzene rings is 2. The Hall–Kier alpha value is -2.66. The zero-order valence-corrected chi connectivity index (χ0v) is 18.3. The van der Waals surface area contributed by atoms with Crippen LogP contribution in [0.3, 0.4) is 0 Å². The number of likely N-dealkylation sites (tertiary alicyclic amines) is 1. The minimum Gasteiger partial charge on any atom is -0.326 e. The average Bonchev–Trinajstić information content (AvgIpc) is 3.12. The van der Waals surface area contributed by atoms with Gasteiger partial charge in [-0.25, -0.2) is 4.98 Å². The van der Waals surface area contributed by atoms with Gasteiger partial charge in [0.25, 0.3) is 0 Å². The zero-order chi connectivity index (χ0) is 21.1. The molecule has 0 spiro atoms. The van der Waals surface area contributed by atoms with Gasteiger partial charge in [-0.1, -0.05) is 31.2 Å². The van der Waals surface area contributed by atoms with Crippen LogP contribution in [0.15, 0.2) is 48.5 Å². The van der Waals surface area contributed by atoms with Crippen LogP contribution in [-0.2, 0) is 17.8 Å². The van der Waals surface area contributed by atoms with E-state index in [0.717, 1.165) is 55.9 Å². The number of fused-ring (bicyclic) bond motifs is 1. The topological polar surface area (TPSA) is 50.2 Å². The van der Waals surface area contributed by atoms with Crippen LogP contribution in [0.25, 0.3) is 11.0 Å². The van der Waals surface area contributed by atoms with Gasteiger partial charge in [0.2, 0.25) is 5.91 Å². The molecule has 2 aromatic carbocycles. The molecule has 1 amide bonds. The average molecular weight is 405 g/mol. The molecule has 5 nitrogen and oxygen atoms in total. The summed E-state index contributed by atoms with van der Waals surface area (Å²) < 4.78 is 2.33. The number of nitrogens with zero attached hydrogens (tertiary/aromatic N) is 3. The summed E-state index contributed by atoms with van der Waals surface area (Å²) in [5, 5.41) is 3.11. The number of imidazole rings is 1. The van der Waals surface area contributed by atoms with Crippen molar-refractivity contribution >= 4 is 22.6 Å². The molecule has 0 saturated carbocycles. The smallest absolute Gasteiger partial charge is 0.228 e. The standard InChI is InChI=1S/C25H32N4O/c1-4-19-11-13-21(14-12-19)26-25(30)20-8-7-15-28(16-20)17-24-27-22-9-5-6-10-23(22)29(24)18(2)3/h5-6,9-14,18,20H,4,7-8,15-17H2,1-3H3,(H,26,30)/t20-/m1/s1. The molecular formula is C25H32N4O. The van der Waals surface area contributed by atoms with Gasteiger partial charge in [-0.3, -0.25) is 9.69 Å². The molecule has 4 rings (SSSR count). The van der Waals surface area contributed by atoms with Crippen LogP contribution in [0.5, 0.6) is 0 Å². The van der Waals surface area contributed by atoms with Crippen molar-refractivity contribution in [1.29, 1.82) is 0 Å². The molecule has 5 heteroatoms. The lowest BCUT2D eigenvalue weighted by Gasteiger charge is -2.32. The van der Waals surface area contributed by atoms with Crippen molar-refractivity contribution in [3.05, 3.63) is 59.9 Å². The number of carbonyl (C=O) groups is 1. The molecule has 1 aromatic heterocycles. The van der Waals surface area contributed by atoms with Crippen molar-refractivity contribution < 1.29 is 4.79 Å². The van der Waals surface area contributed by atoms with E-state index >= 15 is 0 Å². The number of aromatic nitrogens is 2. The molecular weight excluding hydrogens is 372 g/mol. The predicted molar refractivity (Wildman–Crippen MR) is 123 cm³/mol. The zero-order valence-electron chi connectivity index (χ0n) is 18.3. The Morgan fingerprint density at radius 2 is 1.93 bits per heavy atom. The van der Waals surface area contributed by atoms with E-state index in [9.17, 15) is 4.79 Å². The van der Waals surface area contributed by atoms with Crippen LogP contribution in [0, 0.1) is 5.92 Å². The van der Waals surface area contributed by atoms with E-state index in [1.807, 2.05) is 18.2 Å². The number of amides is 1. The van der Waals surface area contributed by atoms with Gasteiger partial charge in [0.05, 0.1) is 23.5 Å². The summed E-state index contributed by atoms with van der Waals surface area (Å²) in [7, 11) is 0. The van der Waals surface area contributed by atoms with Crippen molar-refractivity contribution in [2.24, 2.45) is 5.92 Å². The molecule has 0 aliphatic carbocycles. The van der Waals surface area contributed by atoms with E-state index in [1.54, 1.807) is 0 Å². The molecule has 1 fully saturated rings. The molecule has 2 heterocycles. The summed E-state index contributed by atoms with van der Waals surface area (Å²) >= 11 is 0. The first-order valence-corrected chi connectivity index (χ1v) is 11.1. The third kappa shape index (κ3) is 4.41. The Bertz CT molecular complexity index is 1010. The number of aryl methyl sites for hydroxylation is 1. The van der Waals surface area contributed by atoms with Gasteiger partial charge in [-0.05, 0) is 69.5 Å². The number of anilines is 1. The number of piperidine rings is 1. The van der Waals surface area contributed by atoms with E-state index in [1.165, 1.54) is 11.1 Å². The lowest BCUT2D eigenvalue weighted by atomic mass is 9.97. The van der Waals surface area contributed by atoms with Crippen molar-refractivity contribution in [3.8, 4) is 0 Å². The normalized spacial score (nSPS) is 17.5. The number of hydrogen-bond donors (Lipinski definition) is 1. The van der Waals surface area contributed by atoms with Gasteiger partial charge in [-0.2, -0.15) is 0 Å². The fraction of sp³-hybridized carbons (Fsp3) is 0.440. The molecule has 1 saturated heterocycles. The number of rotatable bonds is 6. The van der Waals surface area contributed by atoms with Gasteiger partial charge in [0.15, 0.2) is 0 Å². The summed E-state index contributed by atoms with van der Waals surface area (Å²) in [6.45, 7) is 9.11. The minimum atomic E-state index is 0.0153. The molecule has 1 aliphatic heterocycles. The minimum absolute atomic E-state index is 0.0153. The van der Waals surface area contributed by atoms with Crippen LogP contribution >= 0.6 is 0 Å². The first-order valence-electron chi connectivity index (χ1n) is 11.1. The lowest BCUT2D eigenvalue weighted by Crippen LogP contribution is -2.40. The molecule has 30 heavy (non-hydrogen) atoms. The second-order valence-electron chi connectivity index (χ2n) is 8.59. The van der Waals surface area contributed by atoms with Crippen LogP contribution in [-0.4, -0.2) is 33.4 Å². The highest BCUT2D eigenvalue weighted by Gasteiger charge is 2.27. The highest BCUT2D eigenvalue weighted by molar-refractivity contribution is 5.92.